The molecule has 108 valence electrons. The molecule has 4 nitrogen and oxygen atoms in total. The van der Waals surface area contributed by atoms with Crippen LogP contribution in [0.25, 0.3) is 0 Å². The summed E-state index contributed by atoms with van der Waals surface area (Å²) in [5.74, 6) is -0.0816. The average molecular weight is 287 g/mol. The Hall–Kier alpha value is -2.40. The molecule has 1 heterocycles. The number of anilines is 1. The Bertz CT molecular complexity index is 715. The van der Waals surface area contributed by atoms with Crippen molar-refractivity contribution in [3.63, 3.8) is 0 Å². The number of nitrogens with one attached hydrogen (secondary N) is 1. The van der Waals surface area contributed by atoms with Crippen molar-refractivity contribution in [2.75, 3.05) is 11.9 Å². The number of hydrogen-bond donors (Lipinski definition) is 2. The highest BCUT2D eigenvalue weighted by Crippen LogP contribution is 2.33. The molecule has 0 aliphatic carbocycles. The highest BCUT2D eigenvalue weighted by atomic mass is 19.1. The lowest BCUT2D eigenvalue weighted by Crippen LogP contribution is -2.25. The fraction of sp³-hybridized carbons (Fsp3) is 0.188. The number of hydrogen-bond acceptors (Lipinski definition) is 3. The van der Waals surface area contributed by atoms with E-state index in [0.29, 0.717) is 22.6 Å². The molecule has 2 aromatic rings. The summed E-state index contributed by atoms with van der Waals surface area (Å²) >= 11 is 0. The van der Waals surface area contributed by atoms with E-state index in [1.54, 1.807) is 31.2 Å². The summed E-state index contributed by atoms with van der Waals surface area (Å²) in [6.45, 7) is 1.79. The molecule has 1 atom stereocenters. The highest BCUT2D eigenvalue weighted by Gasteiger charge is 2.19. The second-order valence-corrected chi connectivity index (χ2v) is 5.00. The first-order chi connectivity index (χ1) is 10.0. The topological polar surface area (TPSA) is 58.6 Å². The van der Waals surface area contributed by atoms with E-state index < -0.39 is 11.9 Å². The van der Waals surface area contributed by atoms with Crippen molar-refractivity contribution in [1.29, 1.82) is 0 Å². The summed E-state index contributed by atoms with van der Waals surface area (Å²) < 4.78 is 18.6. The first-order valence-electron chi connectivity index (χ1n) is 6.55. The summed E-state index contributed by atoms with van der Waals surface area (Å²) in [5.41, 5.74) is 2.37. The Labute approximate surface area is 121 Å². The number of benzene rings is 2. The molecule has 1 aliphatic heterocycles. The van der Waals surface area contributed by atoms with Crippen molar-refractivity contribution in [2.24, 2.45) is 0 Å². The van der Waals surface area contributed by atoms with Gasteiger partial charge in [-0.2, -0.15) is 0 Å². The highest BCUT2D eigenvalue weighted by molar-refractivity contribution is 5.95. The number of carbonyl (C=O) groups excluding carboxylic acids is 1. The van der Waals surface area contributed by atoms with Crippen molar-refractivity contribution < 1.29 is 19.0 Å². The smallest absolute Gasteiger partial charge is 0.262 e. The molecule has 5 heteroatoms. The van der Waals surface area contributed by atoms with Gasteiger partial charge < -0.3 is 15.2 Å². The standard InChI is InChI=1S/C16H14FNO3/c1-9-2-4-11(17)7-12(9)16(20)10-3-5-14-13(6-10)18-15(19)8-21-14/h2-7,16,20H,8H2,1H3,(H,18,19). The second-order valence-electron chi connectivity index (χ2n) is 5.00. The molecule has 0 radical (unpaired) electrons. The monoisotopic (exact) mass is 287 g/mol. The van der Waals surface area contributed by atoms with Crippen molar-refractivity contribution in [3.8, 4) is 5.75 Å². The van der Waals surface area contributed by atoms with Crippen LogP contribution in [0.5, 0.6) is 5.75 Å². The van der Waals surface area contributed by atoms with Crippen molar-refractivity contribution in [3.05, 3.63) is 58.9 Å². The van der Waals surface area contributed by atoms with Crippen molar-refractivity contribution in [1.82, 2.24) is 0 Å². The van der Waals surface area contributed by atoms with E-state index in [-0.39, 0.29) is 12.5 Å². The molecule has 1 unspecified atom stereocenters. The fourth-order valence-corrected chi connectivity index (χ4v) is 2.36. The second kappa shape index (κ2) is 5.18. The maximum Gasteiger partial charge on any atom is 0.262 e. The zero-order valence-electron chi connectivity index (χ0n) is 11.4. The van der Waals surface area contributed by atoms with Crippen LogP contribution in [-0.2, 0) is 4.79 Å². The first kappa shape index (κ1) is 13.6. The summed E-state index contributed by atoms with van der Waals surface area (Å²) in [4.78, 5) is 11.3. The molecular weight excluding hydrogens is 273 g/mol. The molecule has 3 rings (SSSR count). The zero-order valence-corrected chi connectivity index (χ0v) is 11.4. The number of aryl methyl sites for hydroxylation is 1. The minimum absolute atomic E-state index is 0.0160. The van der Waals surface area contributed by atoms with Crippen LogP contribution in [0.1, 0.15) is 22.8 Å². The van der Waals surface area contributed by atoms with Crippen LogP contribution >= 0.6 is 0 Å². The van der Waals surface area contributed by atoms with Gasteiger partial charge in [-0.05, 0) is 47.9 Å². The number of ether oxygens (including phenoxy) is 1. The van der Waals surface area contributed by atoms with Gasteiger partial charge in [0.25, 0.3) is 5.91 Å². The fourth-order valence-electron chi connectivity index (χ4n) is 2.36. The van der Waals surface area contributed by atoms with E-state index in [0.717, 1.165) is 5.56 Å². The lowest BCUT2D eigenvalue weighted by atomic mass is 9.97. The molecule has 2 N–H and O–H groups in total. The number of carbonyl (C=O) groups is 1. The maximum absolute atomic E-state index is 13.4. The SMILES string of the molecule is Cc1ccc(F)cc1C(O)c1ccc2c(c1)NC(=O)CO2. The third kappa shape index (κ3) is 2.60. The van der Waals surface area contributed by atoms with Gasteiger partial charge in [-0.3, -0.25) is 4.79 Å². The Balaban J connectivity index is 1.98. The predicted molar refractivity (Wildman–Crippen MR) is 75.8 cm³/mol. The van der Waals surface area contributed by atoms with E-state index >= 15 is 0 Å². The molecule has 0 aromatic heterocycles. The number of amides is 1. The summed E-state index contributed by atoms with van der Waals surface area (Å²) in [7, 11) is 0. The van der Waals surface area contributed by atoms with E-state index in [9.17, 15) is 14.3 Å². The van der Waals surface area contributed by atoms with Crippen LogP contribution in [0, 0.1) is 12.7 Å². The molecule has 0 saturated carbocycles. The minimum Gasteiger partial charge on any atom is -0.482 e. The molecule has 1 amide bonds. The van der Waals surface area contributed by atoms with Gasteiger partial charge in [-0.15, -0.1) is 0 Å². The lowest BCUT2D eigenvalue weighted by molar-refractivity contribution is -0.118. The third-order valence-corrected chi connectivity index (χ3v) is 3.49. The van der Waals surface area contributed by atoms with Crippen LogP contribution in [0.15, 0.2) is 36.4 Å². The van der Waals surface area contributed by atoms with Crippen LogP contribution < -0.4 is 10.1 Å². The Morgan fingerprint density at radius 1 is 1.29 bits per heavy atom. The average Bonchev–Trinajstić information content (AvgIpc) is 2.48. The van der Waals surface area contributed by atoms with Crippen LogP contribution in [0.2, 0.25) is 0 Å². The van der Waals surface area contributed by atoms with Gasteiger partial charge in [0.2, 0.25) is 0 Å². The van der Waals surface area contributed by atoms with Gasteiger partial charge in [-0.25, -0.2) is 4.39 Å². The van der Waals surface area contributed by atoms with Gasteiger partial charge in [0, 0.05) is 0 Å². The minimum atomic E-state index is -0.968. The van der Waals surface area contributed by atoms with E-state index in [1.807, 2.05) is 0 Å². The van der Waals surface area contributed by atoms with Gasteiger partial charge in [-0.1, -0.05) is 12.1 Å². The summed E-state index contributed by atoms with van der Waals surface area (Å²) in [6.07, 6.45) is -0.968. The van der Waals surface area contributed by atoms with E-state index in [1.165, 1.54) is 12.1 Å². The first-order valence-corrected chi connectivity index (χ1v) is 6.55. The van der Waals surface area contributed by atoms with Crippen molar-refractivity contribution >= 4 is 11.6 Å². The Morgan fingerprint density at radius 3 is 2.90 bits per heavy atom. The molecule has 0 saturated heterocycles. The molecule has 2 aromatic carbocycles. The predicted octanol–water partition coefficient (Wildman–Crippen LogP) is 2.55. The summed E-state index contributed by atoms with van der Waals surface area (Å²) in [6, 6.07) is 9.31. The van der Waals surface area contributed by atoms with Crippen LogP contribution in [-0.4, -0.2) is 17.6 Å². The Morgan fingerprint density at radius 2 is 2.10 bits per heavy atom. The summed E-state index contributed by atoms with van der Waals surface area (Å²) in [5, 5.41) is 13.1. The van der Waals surface area contributed by atoms with Crippen LogP contribution in [0.3, 0.4) is 0 Å². The molecular formula is C16H14FNO3. The van der Waals surface area contributed by atoms with E-state index in [2.05, 4.69) is 5.32 Å². The zero-order chi connectivity index (χ0) is 15.0. The van der Waals surface area contributed by atoms with Gasteiger partial charge in [0.05, 0.1) is 5.69 Å². The van der Waals surface area contributed by atoms with Crippen molar-refractivity contribution in [2.45, 2.75) is 13.0 Å². The van der Waals surface area contributed by atoms with Crippen LogP contribution in [0.4, 0.5) is 10.1 Å². The number of rotatable bonds is 2. The number of fused-ring (bicyclic) bond motifs is 1. The quantitative estimate of drug-likeness (QED) is 0.892. The molecule has 0 spiro atoms. The molecule has 0 fully saturated rings. The maximum atomic E-state index is 13.4. The largest absolute Gasteiger partial charge is 0.482 e. The van der Waals surface area contributed by atoms with Gasteiger partial charge in [0.15, 0.2) is 6.61 Å². The normalized spacial score (nSPS) is 14.9. The Kier molecular flexibility index (Phi) is 3.35. The molecule has 0 bridgehead atoms. The molecule has 1 aliphatic rings. The number of halogens is 1. The van der Waals surface area contributed by atoms with E-state index in [4.69, 9.17) is 4.74 Å². The number of aliphatic hydroxyl groups excluding tert-OH is 1. The third-order valence-electron chi connectivity index (χ3n) is 3.49. The van der Waals surface area contributed by atoms with Gasteiger partial charge in [0.1, 0.15) is 17.7 Å². The van der Waals surface area contributed by atoms with Gasteiger partial charge >= 0.3 is 0 Å². The molecule has 21 heavy (non-hydrogen) atoms. The number of aliphatic hydroxyl groups is 1. The lowest BCUT2D eigenvalue weighted by Gasteiger charge is -2.20.